The van der Waals surface area contributed by atoms with E-state index in [-0.39, 0.29) is 18.2 Å². The van der Waals surface area contributed by atoms with Crippen molar-refractivity contribution in [3.05, 3.63) is 72.1 Å². The molecule has 0 saturated heterocycles. The molecule has 114 valence electrons. The van der Waals surface area contributed by atoms with Gasteiger partial charge in [0.2, 0.25) is 5.91 Å². The van der Waals surface area contributed by atoms with Crippen molar-refractivity contribution in [1.29, 1.82) is 0 Å². The number of amides is 2. The minimum atomic E-state index is -0.387. The second-order valence-corrected chi connectivity index (χ2v) is 5.17. The molecule has 0 spiro atoms. The lowest BCUT2D eigenvalue weighted by Gasteiger charge is -2.08. The van der Waals surface area contributed by atoms with E-state index in [9.17, 15) is 9.59 Å². The van der Waals surface area contributed by atoms with E-state index >= 15 is 0 Å². The largest absolute Gasteiger partial charge is 0.369 e. The molecule has 23 heavy (non-hydrogen) atoms. The Morgan fingerprint density at radius 3 is 2.48 bits per heavy atom. The number of anilines is 1. The molecular formula is C18H15N3O2. The lowest BCUT2D eigenvalue weighted by Crippen LogP contribution is -2.15. The van der Waals surface area contributed by atoms with Gasteiger partial charge in [-0.15, -0.1) is 0 Å². The van der Waals surface area contributed by atoms with Crippen LogP contribution >= 0.6 is 0 Å². The molecule has 0 unspecified atom stereocenters. The first-order valence-corrected chi connectivity index (χ1v) is 7.16. The number of carbonyl (C=O) groups excluding carboxylic acids is 2. The van der Waals surface area contributed by atoms with E-state index in [1.165, 1.54) is 0 Å². The number of primary amides is 1. The van der Waals surface area contributed by atoms with Gasteiger partial charge in [-0.3, -0.25) is 14.6 Å². The molecule has 0 aliphatic rings. The number of pyridine rings is 1. The van der Waals surface area contributed by atoms with Gasteiger partial charge in [0.1, 0.15) is 5.69 Å². The number of fused-ring (bicyclic) bond motifs is 1. The molecule has 3 N–H and O–H groups in total. The van der Waals surface area contributed by atoms with Gasteiger partial charge in [-0.1, -0.05) is 36.4 Å². The van der Waals surface area contributed by atoms with Crippen molar-refractivity contribution in [2.45, 2.75) is 6.42 Å². The van der Waals surface area contributed by atoms with E-state index in [0.717, 1.165) is 16.3 Å². The molecule has 0 radical (unpaired) electrons. The standard InChI is InChI=1S/C18H15N3O2/c19-16(22)11-12-5-7-14(8-6-12)21-18(23)17-15-4-2-1-3-13(15)9-10-20-17/h1-10H,11H2,(H2,19,22)(H,21,23). The number of aromatic nitrogens is 1. The summed E-state index contributed by atoms with van der Waals surface area (Å²) in [5, 5.41) is 4.58. The number of carbonyl (C=O) groups is 2. The molecular weight excluding hydrogens is 290 g/mol. The van der Waals surface area contributed by atoms with Gasteiger partial charge in [-0.25, -0.2) is 0 Å². The molecule has 0 saturated carbocycles. The van der Waals surface area contributed by atoms with Crippen molar-refractivity contribution in [2.24, 2.45) is 5.73 Å². The van der Waals surface area contributed by atoms with Gasteiger partial charge in [0.05, 0.1) is 6.42 Å². The number of hydrogen-bond acceptors (Lipinski definition) is 3. The summed E-state index contributed by atoms with van der Waals surface area (Å²) in [6.45, 7) is 0. The van der Waals surface area contributed by atoms with E-state index in [1.807, 2.05) is 30.3 Å². The molecule has 2 amide bonds. The highest BCUT2D eigenvalue weighted by Crippen LogP contribution is 2.18. The van der Waals surface area contributed by atoms with Crippen LogP contribution in [0.4, 0.5) is 5.69 Å². The highest BCUT2D eigenvalue weighted by Gasteiger charge is 2.11. The average Bonchev–Trinajstić information content (AvgIpc) is 2.55. The third kappa shape index (κ3) is 3.35. The van der Waals surface area contributed by atoms with Crippen molar-refractivity contribution in [1.82, 2.24) is 4.98 Å². The number of hydrogen-bond donors (Lipinski definition) is 2. The normalized spacial score (nSPS) is 10.4. The summed E-state index contributed by atoms with van der Waals surface area (Å²) in [5.74, 6) is -0.661. The topological polar surface area (TPSA) is 85.1 Å². The summed E-state index contributed by atoms with van der Waals surface area (Å²) in [6, 6.07) is 16.5. The van der Waals surface area contributed by atoms with Crippen LogP contribution in [0.15, 0.2) is 60.8 Å². The number of rotatable bonds is 4. The molecule has 0 fully saturated rings. The summed E-state index contributed by atoms with van der Waals surface area (Å²) >= 11 is 0. The van der Waals surface area contributed by atoms with Crippen molar-refractivity contribution >= 4 is 28.3 Å². The van der Waals surface area contributed by atoms with E-state index in [0.29, 0.717) is 11.4 Å². The Bertz CT molecular complexity index is 868. The third-order valence-corrected chi connectivity index (χ3v) is 3.48. The second-order valence-electron chi connectivity index (χ2n) is 5.17. The van der Waals surface area contributed by atoms with Crippen molar-refractivity contribution in [3.63, 3.8) is 0 Å². The third-order valence-electron chi connectivity index (χ3n) is 3.48. The molecule has 1 heterocycles. The van der Waals surface area contributed by atoms with Gasteiger partial charge in [-0.2, -0.15) is 0 Å². The van der Waals surface area contributed by atoms with Crippen LogP contribution in [0.3, 0.4) is 0 Å². The molecule has 1 aromatic heterocycles. The number of benzene rings is 2. The van der Waals surface area contributed by atoms with Crippen LogP contribution in [0, 0.1) is 0 Å². The van der Waals surface area contributed by atoms with Gasteiger partial charge < -0.3 is 11.1 Å². The molecule has 0 aliphatic carbocycles. The zero-order valence-corrected chi connectivity index (χ0v) is 12.3. The Morgan fingerprint density at radius 1 is 1.00 bits per heavy atom. The number of nitrogens with one attached hydrogen (secondary N) is 1. The maximum Gasteiger partial charge on any atom is 0.274 e. The lowest BCUT2D eigenvalue weighted by atomic mass is 10.1. The highest BCUT2D eigenvalue weighted by atomic mass is 16.2. The Balaban J connectivity index is 1.82. The van der Waals surface area contributed by atoms with Crippen LogP contribution in [0.2, 0.25) is 0 Å². The Morgan fingerprint density at radius 2 is 1.74 bits per heavy atom. The van der Waals surface area contributed by atoms with E-state index in [4.69, 9.17) is 5.73 Å². The molecule has 3 aromatic rings. The predicted molar refractivity (Wildman–Crippen MR) is 89.0 cm³/mol. The van der Waals surface area contributed by atoms with Crippen molar-refractivity contribution in [2.75, 3.05) is 5.32 Å². The first-order valence-electron chi connectivity index (χ1n) is 7.16. The molecule has 0 bridgehead atoms. The lowest BCUT2D eigenvalue weighted by molar-refractivity contribution is -0.117. The van der Waals surface area contributed by atoms with Crippen LogP contribution in [0.25, 0.3) is 10.8 Å². The van der Waals surface area contributed by atoms with Gasteiger partial charge >= 0.3 is 0 Å². The molecule has 3 rings (SSSR count). The minimum Gasteiger partial charge on any atom is -0.369 e. The monoisotopic (exact) mass is 305 g/mol. The first kappa shape index (κ1) is 14.7. The Hall–Kier alpha value is -3.21. The van der Waals surface area contributed by atoms with Crippen molar-refractivity contribution < 1.29 is 9.59 Å². The molecule has 2 aromatic carbocycles. The zero-order valence-electron chi connectivity index (χ0n) is 12.3. The van der Waals surface area contributed by atoms with E-state index in [1.54, 1.807) is 30.5 Å². The van der Waals surface area contributed by atoms with Crippen LogP contribution in [-0.4, -0.2) is 16.8 Å². The van der Waals surface area contributed by atoms with Crippen LogP contribution in [0.5, 0.6) is 0 Å². The fourth-order valence-corrected chi connectivity index (χ4v) is 2.40. The molecule has 5 heteroatoms. The zero-order chi connectivity index (χ0) is 16.2. The van der Waals surface area contributed by atoms with Crippen LogP contribution in [-0.2, 0) is 11.2 Å². The molecule has 5 nitrogen and oxygen atoms in total. The fourth-order valence-electron chi connectivity index (χ4n) is 2.40. The first-order chi connectivity index (χ1) is 11.1. The summed E-state index contributed by atoms with van der Waals surface area (Å²) in [7, 11) is 0. The Labute approximate surface area is 133 Å². The van der Waals surface area contributed by atoms with Crippen molar-refractivity contribution in [3.8, 4) is 0 Å². The van der Waals surface area contributed by atoms with Crippen LogP contribution < -0.4 is 11.1 Å². The van der Waals surface area contributed by atoms with E-state index < -0.39 is 0 Å². The predicted octanol–water partition coefficient (Wildman–Crippen LogP) is 2.51. The van der Waals surface area contributed by atoms with Gasteiger partial charge in [0.25, 0.3) is 5.91 Å². The Kier molecular flexibility index (Phi) is 4.01. The number of nitrogens with zero attached hydrogens (tertiary/aromatic N) is 1. The quantitative estimate of drug-likeness (QED) is 0.776. The van der Waals surface area contributed by atoms with Crippen LogP contribution in [0.1, 0.15) is 16.1 Å². The van der Waals surface area contributed by atoms with E-state index in [2.05, 4.69) is 10.3 Å². The maximum absolute atomic E-state index is 12.4. The second kappa shape index (κ2) is 6.27. The van der Waals surface area contributed by atoms with Gasteiger partial charge in [0, 0.05) is 17.3 Å². The fraction of sp³-hybridized carbons (Fsp3) is 0.0556. The summed E-state index contributed by atoms with van der Waals surface area (Å²) in [5.41, 5.74) is 6.98. The highest BCUT2D eigenvalue weighted by molar-refractivity contribution is 6.11. The summed E-state index contributed by atoms with van der Waals surface area (Å²) < 4.78 is 0. The summed E-state index contributed by atoms with van der Waals surface area (Å²) in [4.78, 5) is 27.5. The SMILES string of the molecule is NC(=O)Cc1ccc(NC(=O)c2nccc3ccccc23)cc1. The average molecular weight is 305 g/mol. The minimum absolute atomic E-state index is 0.180. The molecule has 0 atom stereocenters. The molecule has 0 aliphatic heterocycles. The van der Waals surface area contributed by atoms with Gasteiger partial charge in [-0.05, 0) is 29.1 Å². The summed E-state index contributed by atoms with van der Waals surface area (Å²) in [6.07, 6.45) is 1.80. The smallest absolute Gasteiger partial charge is 0.274 e. The maximum atomic E-state index is 12.4. The number of nitrogens with two attached hydrogens (primary N) is 1. The van der Waals surface area contributed by atoms with Gasteiger partial charge in [0.15, 0.2) is 0 Å².